The lowest BCUT2D eigenvalue weighted by molar-refractivity contribution is -0.117. The van der Waals surface area contributed by atoms with Gasteiger partial charge in [0.1, 0.15) is 0 Å². The molecule has 0 unspecified atom stereocenters. The van der Waals surface area contributed by atoms with Crippen molar-refractivity contribution in [1.29, 1.82) is 0 Å². The highest BCUT2D eigenvalue weighted by atomic mass is 32.1. The number of aromatic nitrogens is 1. The molecule has 2 amide bonds. The molecule has 0 spiro atoms. The Morgan fingerprint density at radius 1 is 1.07 bits per heavy atom. The highest BCUT2D eigenvalue weighted by Gasteiger charge is 2.18. The summed E-state index contributed by atoms with van der Waals surface area (Å²) in [5.41, 5.74) is 3.53. The summed E-state index contributed by atoms with van der Waals surface area (Å²) in [6.45, 7) is 4.29. The number of aryl methyl sites for hydroxylation is 1. The zero-order chi connectivity index (χ0) is 20.8. The predicted molar refractivity (Wildman–Crippen MR) is 118 cm³/mol. The van der Waals surface area contributed by atoms with E-state index in [0.29, 0.717) is 11.7 Å². The standard InChI is InChI=1S/C22H24N4O2S/c1-16-9-11-18(12-10-16)23-21(28)14-25(3)13-19-15-29-22(24-19)26(17(2)27)20-7-5-4-6-8-20/h4-12,15H,13-14H2,1-3H3,(H,23,28). The molecule has 2 aromatic carbocycles. The SMILES string of the molecule is CC(=O)N(c1ccccc1)c1nc(CN(C)CC(=O)Nc2ccc(C)cc2)cs1. The van der Waals surface area contributed by atoms with E-state index in [1.807, 2.05) is 78.8 Å². The summed E-state index contributed by atoms with van der Waals surface area (Å²) in [4.78, 5) is 32.5. The number of hydrogen-bond acceptors (Lipinski definition) is 5. The average Bonchev–Trinajstić information content (AvgIpc) is 3.11. The van der Waals surface area contributed by atoms with E-state index in [9.17, 15) is 9.59 Å². The van der Waals surface area contributed by atoms with Crippen LogP contribution in [0.4, 0.5) is 16.5 Å². The largest absolute Gasteiger partial charge is 0.325 e. The second-order valence-electron chi connectivity index (χ2n) is 6.90. The molecule has 7 heteroatoms. The fraction of sp³-hybridized carbons (Fsp3) is 0.227. The van der Waals surface area contributed by atoms with Gasteiger partial charge < -0.3 is 5.32 Å². The average molecular weight is 409 g/mol. The molecule has 1 heterocycles. The van der Waals surface area contributed by atoms with Gasteiger partial charge in [0.05, 0.1) is 17.9 Å². The van der Waals surface area contributed by atoms with E-state index in [1.165, 1.54) is 18.3 Å². The number of rotatable bonds is 7. The maximum atomic E-state index is 12.3. The molecule has 1 aromatic heterocycles. The summed E-state index contributed by atoms with van der Waals surface area (Å²) in [7, 11) is 1.87. The molecule has 0 atom stereocenters. The van der Waals surface area contributed by atoms with E-state index in [2.05, 4.69) is 10.3 Å². The van der Waals surface area contributed by atoms with Crippen molar-refractivity contribution in [2.45, 2.75) is 20.4 Å². The molecule has 0 aliphatic heterocycles. The van der Waals surface area contributed by atoms with E-state index in [4.69, 9.17) is 0 Å². The number of nitrogens with one attached hydrogen (secondary N) is 1. The number of carbonyl (C=O) groups excluding carboxylic acids is 2. The Bertz CT molecular complexity index is 970. The van der Waals surface area contributed by atoms with Gasteiger partial charge in [-0.25, -0.2) is 4.98 Å². The molecule has 3 rings (SSSR count). The van der Waals surface area contributed by atoms with Crippen LogP contribution in [0.2, 0.25) is 0 Å². The molecule has 3 aromatic rings. The first-order valence-corrected chi connectivity index (χ1v) is 10.2. The Labute approximate surface area is 174 Å². The number of para-hydroxylation sites is 1. The minimum atomic E-state index is -0.0945. The highest BCUT2D eigenvalue weighted by molar-refractivity contribution is 7.14. The lowest BCUT2D eigenvalue weighted by atomic mass is 10.2. The summed E-state index contributed by atoms with van der Waals surface area (Å²) in [5.74, 6) is -0.176. The highest BCUT2D eigenvalue weighted by Crippen LogP contribution is 2.28. The van der Waals surface area contributed by atoms with Gasteiger partial charge in [-0.1, -0.05) is 35.9 Å². The summed E-state index contributed by atoms with van der Waals surface area (Å²) in [5, 5.41) is 5.44. The fourth-order valence-corrected chi connectivity index (χ4v) is 3.77. The molecular formula is C22H24N4O2S. The first kappa shape index (κ1) is 20.7. The zero-order valence-corrected chi connectivity index (χ0v) is 17.6. The molecule has 0 fully saturated rings. The number of benzene rings is 2. The molecule has 0 saturated carbocycles. The maximum absolute atomic E-state index is 12.3. The van der Waals surface area contributed by atoms with Crippen LogP contribution in [0.15, 0.2) is 60.0 Å². The first-order valence-electron chi connectivity index (χ1n) is 9.27. The molecule has 1 N–H and O–H groups in total. The van der Waals surface area contributed by atoms with Crippen molar-refractivity contribution in [3.8, 4) is 0 Å². The lowest BCUT2D eigenvalue weighted by Gasteiger charge is -2.18. The number of thiazole rings is 1. The van der Waals surface area contributed by atoms with Gasteiger partial charge in [-0.05, 0) is 38.2 Å². The van der Waals surface area contributed by atoms with Gasteiger partial charge in [-0.3, -0.25) is 19.4 Å². The number of amides is 2. The fourth-order valence-electron chi connectivity index (χ4n) is 2.89. The van der Waals surface area contributed by atoms with Crippen molar-refractivity contribution >= 4 is 39.7 Å². The molecular weight excluding hydrogens is 384 g/mol. The molecule has 0 aliphatic rings. The Morgan fingerprint density at radius 2 is 1.76 bits per heavy atom. The van der Waals surface area contributed by atoms with Gasteiger partial charge in [-0.2, -0.15) is 0 Å². The summed E-state index contributed by atoms with van der Waals surface area (Å²) in [6, 6.07) is 17.1. The first-order chi connectivity index (χ1) is 13.9. The number of nitrogens with zero attached hydrogens (tertiary/aromatic N) is 3. The Balaban J connectivity index is 1.60. The van der Waals surface area contributed by atoms with Gasteiger partial charge in [0.2, 0.25) is 11.8 Å². The number of carbonyl (C=O) groups is 2. The van der Waals surface area contributed by atoms with Crippen molar-refractivity contribution < 1.29 is 9.59 Å². The van der Waals surface area contributed by atoms with Crippen molar-refractivity contribution in [2.75, 3.05) is 23.8 Å². The lowest BCUT2D eigenvalue weighted by Crippen LogP contribution is -2.30. The van der Waals surface area contributed by atoms with Crippen LogP contribution in [0.25, 0.3) is 0 Å². The third-order valence-corrected chi connectivity index (χ3v) is 5.12. The molecule has 150 valence electrons. The molecule has 0 bridgehead atoms. The van der Waals surface area contributed by atoms with Gasteiger partial charge >= 0.3 is 0 Å². The predicted octanol–water partition coefficient (Wildman–Crippen LogP) is 4.21. The third-order valence-electron chi connectivity index (χ3n) is 4.24. The maximum Gasteiger partial charge on any atom is 0.238 e. The molecule has 29 heavy (non-hydrogen) atoms. The van der Waals surface area contributed by atoms with E-state index in [-0.39, 0.29) is 18.4 Å². The van der Waals surface area contributed by atoms with Crippen molar-refractivity contribution in [2.24, 2.45) is 0 Å². The van der Waals surface area contributed by atoms with Crippen LogP contribution in [0.1, 0.15) is 18.2 Å². The molecule has 0 aliphatic carbocycles. The van der Waals surface area contributed by atoms with Crippen LogP contribution < -0.4 is 10.2 Å². The molecule has 0 saturated heterocycles. The third kappa shape index (κ3) is 5.73. The van der Waals surface area contributed by atoms with Gasteiger partial charge in [0.25, 0.3) is 0 Å². The zero-order valence-electron chi connectivity index (χ0n) is 16.8. The van der Waals surface area contributed by atoms with E-state index < -0.39 is 0 Å². The summed E-state index contributed by atoms with van der Waals surface area (Å²) in [6.07, 6.45) is 0. The van der Waals surface area contributed by atoms with E-state index in [0.717, 1.165) is 22.6 Å². The number of likely N-dealkylation sites (N-methyl/N-ethyl adjacent to an activating group) is 1. The second-order valence-corrected chi connectivity index (χ2v) is 7.73. The number of hydrogen-bond donors (Lipinski definition) is 1. The number of anilines is 3. The van der Waals surface area contributed by atoms with Crippen LogP contribution >= 0.6 is 11.3 Å². The van der Waals surface area contributed by atoms with Crippen molar-refractivity contribution in [3.05, 3.63) is 71.2 Å². The van der Waals surface area contributed by atoms with Crippen molar-refractivity contribution in [1.82, 2.24) is 9.88 Å². The van der Waals surface area contributed by atoms with Crippen LogP contribution in [0.3, 0.4) is 0 Å². The van der Waals surface area contributed by atoms with E-state index >= 15 is 0 Å². The van der Waals surface area contributed by atoms with Crippen LogP contribution in [0, 0.1) is 6.92 Å². The minimum Gasteiger partial charge on any atom is -0.325 e. The van der Waals surface area contributed by atoms with Crippen LogP contribution in [-0.2, 0) is 16.1 Å². The Morgan fingerprint density at radius 3 is 2.41 bits per heavy atom. The monoisotopic (exact) mass is 408 g/mol. The van der Waals surface area contributed by atoms with Crippen molar-refractivity contribution in [3.63, 3.8) is 0 Å². The van der Waals surface area contributed by atoms with E-state index in [1.54, 1.807) is 4.90 Å². The molecule has 6 nitrogen and oxygen atoms in total. The summed E-state index contributed by atoms with van der Waals surface area (Å²) >= 11 is 1.41. The van der Waals surface area contributed by atoms with Gasteiger partial charge in [0, 0.05) is 24.5 Å². The van der Waals surface area contributed by atoms with Gasteiger partial charge in [-0.15, -0.1) is 11.3 Å². The second kappa shape index (κ2) is 9.45. The van der Waals surface area contributed by atoms with Crippen LogP contribution in [-0.4, -0.2) is 35.3 Å². The topological polar surface area (TPSA) is 65.5 Å². The van der Waals surface area contributed by atoms with Gasteiger partial charge in [0.15, 0.2) is 5.13 Å². The smallest absolute Gasteiger partial charge is 0.238 e. The quantitative estimate of drug-likeness (QED) is 0.636. The Kier molecular flexibility index (Phi) is 6.74. The summed E-state index contributed by atoms with van der Waals surface area (Å²) < 4.78 is 0. The normalized spacial score (nSPS) is 10.8. The minimum absolute atomic E-state index is 0.0820. The van der Waals surface area contributed by atoms with Crippen LogP contribution in [0.5, 0.6) is 0 Å². The molecule has 0 radical (unpaired) electrons. The Hall–Kier alpha value is -3.03.